The zero-order valence-electron chi connectivity index (χ0n) is 10.7. The number of aromatic carboxylic acids is 1. The minimum absolute atomic E-state index is 0.0823. The van der Waals surface area contributed by atoms with E-state index in [9.17, 15) is 9.59 Å². The molecule has 104 valence electrons. The molecular weight excluding hydrogens is 272 g/mol. The largest absolute Gasteiger partial charge is 0.476 e. The first kappa shape index (κ1) is 14.0. The molecule has 0 unspecified atom stereocenters. The first-order valence-electron chi connectivity index (χ1n) is 5.86. The lowest BCUT2D eigenvalue weighted by Gasteiger charge is -2.09. The number of nitrogens with zero attached hydrogens (tertiary/aromatic N) is 2. The Balaban J connectivity index is 2.12. The summed E-state index contributed by atoms with van der Waals surface area (Å²) >= 11 is 0. The number of aromatic nitrogens is 1. The highest BCUT2D eigenvalue weighted by molar-refractivity contribution is 6.03. The van der Waals surface area contributed by atoms with Crippen LogP contribution >= 0.6 is 0 Å². The topological polar surface area (TPSA) is 115 Å². The molecule has 1 aromatic carbocycles. The fraction of sp³-hybridized carbons (Fsp3) is 0. The van der Waals surface area contributed by atoms with Crippen molar-refractivity contribution in [2.24, 2.45) is 0 Å². The summed E-state index contributed by atoms with van der Waals surface area (Å²) in [5.41, 5.74) is 0.657. The Labute approximate surface area is 119 Å². The lowest BCUT2D eigenvalue weighted by atomic mass is 10.2. The molecule has 0 aliphatic heterocycles. The van der Waals surface area contributed by atoms with Gasteiger partial charge in [0.25, 0.3) is 0 Å². The van der Waals surface area contributed by atoms with Gasteiger partial charge in [-0.15, -0.1) is 0 Å². The molecule has 0 aliphatic rings. The summed E-state index contributed by atoms with van der Waals surface area (Å²) in [7, 11) is 0. The lowest BCUT2D eigenvalue weighted by molar-refractivity contribution is 0.0692. The second-order valence-corrected chi connectivity index (χ2v) is 3.98. The van der Waals surface area contributed by atoms with Crippen molar-refractivity contribution >= 4 is 23.4 Å². The summed E-state index contributed by atoms with van der Waals surface area (Å²) in [5, 5.41) is 22.7. The molecule has 0 aliphatic carbocycles. The van der Waals surface area contributed by atoms with E-state index in [2.05, 4.69) is 15.6 Å². The Bertz CT molecular complexity index is 737. The fourth-order valence-electron chi connectivity index (χ4n) is 1.63. The van der Waals surface area contributed by atoms with Gasteiger partial charge < -0.3 is 15.7 Å². The Kier molecular flexibility index (Phi) is 4.11. The zero-order chi connectivity index (χ0) is 15.2. The van der Waals surface area contributed by atoms with Crippen molar-refractivity contribution in [2.75, 3.05) is 10.6 Å². The molecule has 2 amide bonds. The predicted molar refractivity (Wildman–Crippen MR) is 75.0 cm³/mol. The summed E-state index contributed by atoms with van der Waals surface area (Å²) < 4.78 is 0. The summed E-state index contributed by atoms with van der Waals surface area (Å²) in [6, 6.07) is 10.6. The molecule has 7 nitrogen and oxygen atoms in total. The quantitative estimate of drug-likeness (QED) is 0.798. The summed E-state index contributed by atoms with van der Waals surface area (Å²) in [6.45, 7) is 0. The predicted octanol–water partition coefficient (Wildman–Crippen LogP) is 2.30. The van der Waals surface area contributed by atoms with Gasteiger partial charge in [0.2, 0.25) is 0 Å². The van der Waals surface area contributed by atoms with Gasteiger partial charge >= 0.3 is 12.0 Å². The van der Waals surface area contributed by atoms with Gasteiger partial charge in [-0.1, -0.05) is 6.07 Å². The van der Waals surface area contributed by atoms with Gasteiger partial charge in [0, 0.05) is 11.9 Å². The van der Waals surface area contributed by atoms with Crippen molar-refractivity contribution in [1.29, 1.82) is 5.26 Å². The first-order valence-corrected chi connectivity index (χ1v) is 5.86. The summed E-state index contributed by atoms with van der Waals surface area (Å²) in [5.74, 6) is -1.24. The SMILES string of the molecule is N#Cc1cccc(NC(=O)Nc2cccnc2C(=O)O)c1. The van der Waals surface area contributed by atoms with E-state index in [-0.39, 0.29) is 11.4 Å². The van der Waals surface area contributed by atoms with Crippen LogP contribution in [0.3, 0.4) is 0 Å². The van der Waals surface area contributed by atoms with E-state index < -0.39 is 12.0 Å². The van der Waals surface area contributed by atoms with Crippen molar-refractivity contribution < 1.29 is 14.7 Å². The molecule has 2 rings (SSSR count). The molecule has 0 saturated carbocycles. The van der Waals surface area contributed by atoms with Crippen molar-refractivity contribution in [1.82, 2.24) is 4.98 Å². The number of nitrogens with one attached hydrogen (secondary N) is 2. The maximum Gasteiger partial charge on any atom is 0.356 e. The lowest BCUT2D eigenvalue weighted by Crippen LogP contribution is -2.21. The minimum atomic E-state index is -1.24. The molecule has 0 spiro atoms. The number of benzene rings is 1. The molecule has 0 atom stereocenters. The second-order valence-electron chi connectivity index (χ2n) is 3.98. The Morgan fingerprint density at radius 2 is 2.00 bits per heavy atom. The third-order valence-electron chi connectivity index (χ3n) is 2.51. The molecule has 1 aromatic heterocycles. The number of urea groups is 1. The maximum absolute atomic E-state index is 11.8. The van der Waals surface area contributed by atoms with Crippen LogP contribution in [0.2, 0.25) is 0 Å². The molecule has 2 aromatic rings. The van der Waals surface area contributed by atoms with E-state index in [0.717, 1.165) is 0 Å². The Morgan fingerprint density at radius 1 is 1.19 bits per heavy atom. The normalized spacial score (nSPS) is 9.48. The number of carbonyl (C=O) groups is 2. The average Bonchev–Trinajstić information content (AvgIpc) is 2.47. The highest BCUT2D eigenvalue weighted by Crippen LogP contribution is 2.14. The first-order chi connectivity index (χ1) is 10.1. The second kappa shape index (κ2) is 6.16. The number of rotatable bonds is 3. The van der Waals surface area contributed by atoms with Crippen LogP contribution in [0.5, 0.6) is 0 Å². The third-order valence-corrected chi connectivity index (χ3v) is 2.51. The molecule has 7 heteroatoms. The highest BCUT2D eigenvalue weighted by atomic mass is 16.4. The number of carboxylic acids is 1. The van der Waals surface area contributed by atoms with Crippen LogP contribution in [-0.2, 0) is 0 Å². The van der Waals surface area contributed by atoms with Crippen molar-refractivity contribution in [2.45, 2.75) is 0 Å². The molecule has 0 bridgehead atoms. The van der Waals surface area contributed by atoms with E-state index in [1.807, 2.05) is 6.07 Å². The van der Waals surface area contributed by atoms with Gasteiger partial charge in [-0.05, 0) is 30.3 Å². The van der Waals surface area contributed by atoms with Crippen molar-refractivity contribution in [3.05, 3.63) is 53.9 Å². The molecule has 3 N–H and O–H groups in total. The standard InChI is InChI=1S/C14H10N4O3/c15-8-9-3-1-4-10(7-9)17-14(21)18-11-5-2-6-16-12(11)13(19)20/h1-7H,(H,19,20)(H2,17,18,21). The van der Waals surface area contributed by atoms with E-state index >= 15 is 0 Å². The summed E-state index contributed by atoms with van der Waals surface area (Å²) in [4.78, 5) is 26.5. The number of carboxylic acid groups (broad SMARTS) is 1. The van der Waals surface area contributed by atoms with Crippen LogP contribution < -0.4 is 10.6 Å². The number of amides is 2. The zero-order valence-corrected chi connectivity index (χ0v) is 10.7. The Morgan fingerprint density at radius 3 is 2.71 bits per heavy atom. The van der Waals surface area contributed by atoms with Gasteiger partial charge in [-0.3, -0.25) is 0 Å². The Hall–Kier alpha value is -3.40. The minimum Gasteiger partial charge on any atom is -0.476 e. The van der Waals surface area contributed by atoms with E-state index in [1.165, 1.54) is 24.4 Å². The van der Waals surface area contributed by atoms with Gasteiger partial charge in [-0.2, -0.15) is 5.26 Å². The van der Waals surface area contributed by atoms with E-state index in [4.69, 9.17) is 10.4 Å². The highest BCUT2D eigenvalue weighted by Gasteiger charge is 2.13. The van der Waals surface area contributed by atoms with Crippen LogP contribution in [0, 0.1) is 11.3 Å². The molecule has 0 saturated heterocycles. The van der Waals surface area contributed by atoms with Crippen LogP contribution in [0.1, 0.15) is 16.1 Å². The van der Waals surface area contributed by atoms with Crippen molar-refractivity contribution in [3.8, 4) is 6.07 Å². The summed E-state index contributed by atoms with van der Waals surface area (Å²) in [6.07, 6.45) is 1.32. The maximum atomic E-state index is 11.8. The van der Waals surface area contributed by atoms with Gasteiger partial charge in [-0.25, -0.2) is 14.6 Å². The van der Waals surface area contributed by atoms with Crippen LogP contribution in [0.4, 0.5) is 16.2 Å². The fourth-order valence-corrected chi connectivity index (χ4v) is 1.63. The molecule has 1 heterocycles. The molecule has 0 radical (unpaired) electrons. The van der Waals surface area contributed by atoms with Crippen LogP contribution in [0.25, 0.3) is 0 Å². The molecular formula is C14H10N4O3. The third kappa shape index (κ3) is 3.54. The number of hydrogen-bond acceptors (Lipinski definition) is 4. The van der Waals surface area contributed by atoms with Gasteiger partial charge in [0.05, 0.1) is 17.3 Å². The average molecular weight is 282 g/mol. The smallest absolute Gasteiger partial charge is 0.356 e. The van der Waals surface area contributed by atoms with Gasteiger partial charge in [0.1, 0.15) is 0 Å². The number of anilines is 2. The molecule has 0 fully saturated rings. The van der Waals surface area contributed by atoms with Crippen molar-refractivity contribution in [3.63, 3.8) is 0 Å². The number of nitriles is 1. The van der Waals surface area contributed by atoms with E-state index in [0.29, 0.717) is 11.3 Å². The number of hydrogen-bond donors (Lipinski definition) is 3. The molecule has 21 heavy (non-hydrogen) atoms. The number of carbonyl (C=O) groups excluding carboxylic acids is 1. The number of pyridine rings is 1. The van der Waals surface area contributed by atoms with Crippen LogP contribution in [0.15, 0.2) is 42.6 Å². The van der Waals surface area contributed by atoms with Crippen LogP contribution in [-0.4, -0.2) is 22.1 Å². The van der Waals surface area contributed by atoms with Gasteiger partial charge in [0.15, 0.2) is 5.69 Å². The van der Waals surface area contributed by atoms with E-state index in [1.54, 1.807) is 18.2 Å². The monoisotopic (exact) mass is 282 g/mol.